The van der Waals surface area contributed by atoms with E-state index in [4.69, 9.17) is 9.47 Å². The number of ether oxygens (including phenoxy) is 3. The van der Waals surface area contributed by atoms with Crippen molar-refractivity contribution in [3.05, 3.63) is 42.6 Å². The number of benzene rings is 1. The molecule has 8 nitrogen and oxygen atoms in total. The summed E-state index contributed by atoms with van der Waals surface area (Å²) in [5.74, 6) is 0.527. The van der Waals surface area contributed by atoms with Crippen LogP contribution >= 0.6 is 0 Å². The Morgan fingerprint density at radius 2 is 2.20 bits per heavy atom. The number of hydrogen-bond donors (Lipinski definition) is 0. The number of esters is 1. The molecule has 8 heteroatoms. The minimum absolute atomic E-state index is 0.0832. The fraction of sp³-hybridized carbons (Fsp3) is 0.500. The van der Waals surface area contributed by atoms with E-state index in [1.165, 1.54) is 7.11 Å². The zero-order valence-corrected chi connectivity index (χ0v) is 17.4. The van der Waals surface area contributed by atoms with Gasteiger partial charge in [0.15, 0.2) is 6.29 Å². The summed E-state index contributed by atoms with van der Waals surface area (Å²) in [4.78, 5) is 11.1. The fourth-order valence-corrected chi connectivity index (χ4v) is 3.31. The van der Waals surface area contributed by atoms with Crippen molar-refractivity contribution in [2.75, 3.05) is 20.3 Å². The fourth-order valence-electron chi connectivity index (χ4n) is 3.31. The quantitative estimate of drug-likeness (QED) is 0.262. The summed E-state index contributed by atoms with van der Waals surface area (Å²) >= 11 is 0. The smallest absolute Gasteiger partial charge is 0.305 e. The van der Waals surface area contributed by atoms with Crippen molar-refractivity contribution < 1.29 is 19.0 Å². The minimum atomic E-state index is -0.261. The van der Waals surface area contributed by atoms with Crippen LogP contribution in [0.1, 0.15) is 32.6 Å². The molecule has 2 heterocycles. The van der Waals surface area contributed by atoms with Crippen molar-refractivity contribution in [3.63, 3.8) is 0 Å². The van der Waals surface area contributed by atoms with Gasteiger partial charge in [0.1, 0.15) is 0 Å². The molecule has 30 heavy (non-hydrogen) atoms. The first-order valence-electron chi connectivity index (χ1n) is 10.2. The van der Waals surface area contributed by atoms with Crippen LogP contribution in [0.4, 0.5) is 5.82 Å². The lowest BCUT2D eigenvalue weighted by Gasteiger charge is -2.33. The molecule has 1 fully saturated rings. The van der Waals surface area contributed by atoms with Crippen LogP contribution in [0.25, 0.3) is 10.8 Å². The van der Waals surface area contributed by atoms with Crippen molar-refractivity contribution in [2.45, 2.75) is 45.0 Å². The molecule has 0 bridgehead atoms. The number of unbranched alkanes of at least 4 members (excludes halogenated alkanes) is 1. The molecule has 1 aromatic carbocycles. The van der Waals surface area contributed by atoms with Crippen LogP contribution in [0.15, 0.2) is 52.8 Å². The Kier molecular flexibility index (Phi) is 8.41. The molecule has 2 aromatic rings. The Labute approximate surface area is 176 Å². The van der Waals surface area contributed by atoms with Crippen molar-refractivity contribution in [1.29, 1.82) is 0 Å². The number of carbonyl (C=O) groups excluding carboxylic acids is 1. The van der Waals surface area contributed by atoms with Gasteiger partial charge in [0.05, 0.1) is 32.6 Å². The summed E-state index contributed by atoms with van der Waals surface area (Å²) in [6.07, 6.45) is 8.45. The van der Waals surface area contributed by atoms with E-state index in [9.17, 15) is 4.79 Å². The average Bonchev–Trinajstić information content (AvgIpc) is 2.77. The van der Waals surface area contributed by atoms with Crippen LogP contribution in [-0.2, 0) is 19.0 Å². The summed E-state index contributed by atoms with van der Waals surface area (Å²) in [6, 6.07) is 7.83. The van der Waals surface area contributed by atoms with Gasteiger partial charge in [-0.2, -0.15) is 10.2 Å². The SMILES string of the molecule is COC(=O)CCCC=CC[C@H]1CO[C@@H](C)O[C@H]1CN=Nc1nncc2ccccc12. The van der Waals surface area contributed by atoms with Gasteiger partial charge in [-0.1, -0.05) is 36.4 Å². The van der Waals surface area contributed by atoms with Crippen molar-refractivity contribution in [2.24, 2.45) is 16.1 Å². The molecule has 1 aromatic heterocycles. The lowest BCUT2D eigenvalue weighted by molar-refractivity contribution is -0.223. The van der Waals surface area contributed by atoms with Crippen LogP contribution in [0.3, 0.4) is 0 Å². The molecule has 0 N–H and O–H groups in total. The standard InChI is InChI=1S/C22H28N4O4/c1-16-29-15-18(10-5-3-4-6-12-21(27)28-2)20(30-16)14-24-26-22-19-11-8-7-9-17(19)13-23-25-22/h3,5,7-9,11,13,16,18,20H,4,6,10,12,14-15H2,1-2H3/t16-,18+,20+/m1/s1. The van der Waals surface area contributed by atoms with E-state index in [1.807, 2.05) is 31.2 Å². The monoisotopic (exact) mass is 412 g/mol. The van der Waals surface area contributed by atoms with E-state index in [-0.39, 0.29) is 24.3 Å². The summed E-state index contributed by atoms with van der Waals surface area (Å²) in [5, 5.41) is 18.6. The third-order valence-corrected chi connectivity index (χ3v) is 5.00. The van der Waals surface area contributed by atoms with Crippen molar-refractivity contribution >= 4 is 22.6 Å². The van der Waals surface area contributed by atoms with E-state index >= 15 is 0 Å². The highest BCUT2D eigenvalue weighted by molar-refractivity contribution is 5.89. The lowest BCUT2D eigenvalue weighted by Crippen LogP contribution is -2.40. The third kappa shape index (κ3) is 6.40. The number of hydrogen-bond acceptors (Lipinski definition) is 8. The number of rotatable bonds is 9. The normalized spacial score (nSPS) is 22.1. The molecule has 0 amide bonds. The molecule has 1 aliphatic heterocycles. The van der Waals surface area contributed by atoms with Gasteiger partial charge in [0, 0.05) is 23.1 Å². The van der Waals surface area contributed by atoms with Gasteiger partial charge in [-0.25, -0.2) is 0 Å². The molecular formula is C22H28N4O4. The van der Waals surface area contributed by atoms with Gasteiger partial charge in [0.2, 0.25) is 5.82 Å². The van der Waals surface area contributed by atoms with E-state index in [1.54, 1.807) is 6.20 Å². The largest absolute Gasteiger partial charge is 0.469 e. The summed E-state index contributed by atoms with van der Waals surface area (Å²) in [6.45, 7) is 2.93. The molecule has 3 atom stereocenters. The van der Waals surface area contributed by atoms with Crippen LogP contribution in [0.5, 0.6) is 0 Å². The predicted molar refractivity (Wildman–Crippen MR) is 112 cm³/mol. The molecule has 160 valence electrons. The topological polar surface area (TPSA) is 95.3 Å². The molecule has 3 rings (SSSR count). The van der Waals surface area contributed by atoms with Crippen LogP contribution in [0, 0.1) is 5.92 Å². The van der Waals surface area contributed by atoms with Gasteiger partial charge in [-0.05, 0) is 26.2 Å². The van der Waals surface area contributed by atoms with Crippen LogP contribution < -0.4 is 0 Å². The molecule has 0 spiro atoms. The maximum absolute atomic E-state index is 11.1. The Hall–Kier alpha value is -2.71. The van der Waals surface area contributed by atoms with Crippen molar-refractivity contribution in [3.8, 4) is 0 Å². The zero-order valence-electron chi connectivity index (χ0n) is 17.4. The Morgan fingerprint density at radius 1 is 1.33 bits per heavy atom. The van der Waals surface area contributed by atoms with Crippen LogP contribution in [0.2, 0.25) is 0 Å². The molecule has 0 saturated carbocycles. The summed E-state index contributed by atoms with van der Waals surface area (Å²) < 4.78 is 16.2. The Morgan fingerprint density at radius 3 is 3.07 bits per heavy atom. The highest BCUT2D eigenvalue weighted by atomic mass is 16.7. The molecule has 0 unspecified atom stereocenters. The highest BCUT2D eigenvalue weighted by Crippen LogP contribution is 2.25. The Bertz CT molecular complexity index is 881. The molecule has 1 aliphatic rings. The molecule has 1 saturated heterocycles. The van der Waals surface area contributed by atoms with E-state index < -0.39 is 0 Å². The van der Waals surface area contributed by atoms with E-state index in [2.05, 4.69) is 37.3 Å². The number of aromatic nitrogens is 2. The second-order valence-corrected chi connectivity index (χ2v) is 7.19. The van der Waals surface area contributed by atoms with Crippen molar-refractivity contribution in [1.82, 2.24) is 10.2 Å². The number of methoxy groups -OCH3 is 1. The van der Waals surface area contributed by atoms with Gasteiger partial charge >= 0.3 is 5.97 Å². The maximum atomic E-state index is 11.1. The Balaban J connectivity index is 1.54. The van der Waals surface area contributed by atoms with Crippen LogP contribution in [-0.4, -0.2) is 48.8 Å². The van der Waals surface area contributed by atoms with Gasteiger partial charge < -0.3 is 14.2 Å². The number of allylic oxidation sites excluding steroid dienone is 2. The van der Waals surface area contributed by atoms with Gasteiger partial charge in [-0.15, -0.1) is 10.2 Å². The van der Waals surface area contributed by atoms with Gasteiger partial charge in [-0.3, -0.25) is 4.79 Å². The van der Waals surface area contributed by atoms with E-state index in [0.717, 1.165) is 30.0 Å². The van der Waals surface area contributed by atoms with E-state index in [0.29, 0.717) is 25.4 Å². The molecule has 0 radical (unpaired) electrons. The molecule has 0 aliphatic carbocycles. The first-order valence-corrected chi connectivity index (χ1v) is 10.2. The lowest BCUT2D eigenvalue weighted by atomic mass is 9.97. The first-order chi connectivity index (χ1) is 14.7. The second-order valence-electron chi connectivity index (χ2n) is 7.19. The second kappa shape index (κ2) is 11.5. The molecular weight excluding hydrogens is 384 g/mol. The summed E-state index contributed by atoms with van der Waals surface area (Å²) in [5.41, 5.74) is 0. The number of carbonyl (C=O) groups is 1. The maximum Gasteiger partial charge on any atom is 0.305 e. The average molecular weight is 412 g/mol. The highest BCUT2D eigenvalue weighted by Gasteiger charge is 2.29. The number of nitrogens with zero attached hydrogens (tertiary/aromatic N) is 4. The number of fused-ring (bicyclic) bond motifs is 1. The summed E-state index contributed by atoms with van der Waals surface area (Å²) in [7, 11) is 1.41. The first kappa shape index (κ1) is 22.0. The predicted octanol–water partition coefficient (Wildman–Crippen LogP) is 4.38. The third-order valence-electron chi connectivity index (χ3n) is 5.00. The zero-order chi connectivity index (χ0) is 21.2. The number of azo groups is 1. The minimum Gasteiger partial charge on any atom is -0.469 e. The van der Waals surface area contributed by atoms with Gasteiger partial charge in [0.25, 0.3) is 0 Å².